The van der Waals surface area contributed by atoms with Gasteiger partial charge in [0.1, 0.15) is 0 Å². The standard InChI is InChI=1S/C44H33N/c1-28-13-10-14-29(2)41(28)39-24-25-40(34-19-5-4-18-33(34)39)43-37-22-8-6-20-35(37)42(36-21-7-9-23-38(36)43)31-16-11-17-32(27-31)44-30(3)15-12-26-45-44/h4-27H,1-3H3. The smallest absolute Gasteiger partial charge is 0.0731 e. The third kappa shape index (κ3) is 4.43. The lowest BCUT2D eigenvalue weighted by atomic mass is 9.83. The van der Waals surface area contributed by atoms with Crippen LogP contribution in [0.3, 0.4) is 0 Å². The molecule has 0 aliphatic heterocycles. The van der Waals surface area contributed by atoms with Gasteiger partial charge >= 0.3 is 0 Å². The molecule has 0 aliphatic carbocycles. The maximum absolute atomic E-state index is 4.73. The van der Waals surface area contributed by atoms with E-state index in [1.54, 1.807) is 0 Å². The summed E-state index contributed by atoms with van der Waals surface area (Å²) in [6.45, 7) is 6.56. The van der Waals surface area contributed by atoms with Crippen LogP contribution in [-0.2, 0) is 0 Å². The van der Waals surface area contributed by atoms with Crippen molar-refractivity contribution >= 4 is 32.3 Å². The molecule has 0 saturated heterocycles. The van der Waals surface area contributed by atoms with Crippen molar-refractivity contribution in [1.29, 1.82) is 0 Å². The maximum Gasteiger partial charge on any atom is 0.0731 e. The van der Waals surface area contributed by atoms with Crippen LogP contribution in [0.5, 0.6) is 0 Å². The Morgan fingerprint density at radius 1 is 0.356 bits per heavy atom. The zero-order valence-electron chi connectivity index (χ0n) is 25.8. The van der Waals surface area contributed by atoms with Gasteiger partial charge in [0.15, 0.2) is 0 Å². The lowest BCUT2D eigenvalue weighted by Gasteiger charge is -2.20. The van der Waals surface area contributed by atoms with Gasteiger partial charge in [-0.1, -0.05) is 127 Å². The Balaban J connectivity index is 1.44. The minimum atomic E-state index is 1.03. The van der Waals surface area contributed by atoms with Gasteiger partial charge in [-0.05, 0) is 115 Å². The number of pyridine rings is 1. The van der Waals surface area contributed by atoms with Crippen LogP contribution in [0, 0.1) is 20.8 Å². The topological polar surface area (TPSA) is 12.9 Å². The van der Waals surface area contributed by atoms with Crippen LogP contribution in [0.2, 0.25) is 0 Å². The summed E-state index contributed by atoms with van der Waals surface area (Å²) in [7, 11) is 0. The largest absolute Gasteiger partial charge is 0.256 e. The first-order valence-electron chi connectivity index (χ1n) is 15.6. The molecule has 0 saturated carbocycles. The number of rotatable bonds is 4. The first-order chi connectivity index (χ1) is 22.1. The Labute approximate surface area is 264 Å². The van der Waals surface area contributed by atoms with Crippen molar-refractivity contribution in [3.8, 4) is 44.6 Å². The van der Waals surface area contributed by atoms with Crippen LogP contribution in [-0.4, -0.2) is 4.98 Å². The van der Waals surface area contributed by atoms with Gasteiger partial charge in [0.2, 0.25) is 0 Å². The van der Waals surface area contributed by atoms with Crippen molar-refractivity contribution in [2.75, 3.05) is 0 Å². The van der Waals surface area contributed by atoms with Crippen LogP contribution >= 0.6 is 0 Å². The SMILES string of the molecule is Cc1cccnc1-c1cccc(-c2c3ccccc3c(-c3ccc(-c4c(C)cccc4C)c4ccccc34)c3ccccc23)c1. The predicted molar refractivity (Wildman–Crippen MR) is 193 cm³/mol. The molecule has 0 atom stereocenters. The molecule has 7 aromatic carbocycles. The van der Waals surface area contributed by atoms with E-state index in [1.807, 2.05) is 12.3 Å². The van der Waals surface area contributed by atoms with E-state index >= 15 is 0 Å². The Morgan fingerprint density at radius 3 is 1.40 bits per heavy atom. The van der Waals surface area contributed by atoms with E-state index in [-0.39, 0.29) is 0 Å². The van der Waals surface area contributed by atoms with Gasteiger partial charge in [-0.25, -0.2) is 0 Å². The number of aromatic nitrogens is 1. The number of aryl methyl sites for hydroxylation is 3. The first kappa shape index (κ1) is 27.0. The second kappa shape index (κ2) is 10.9. The predicted octanol–water partition coefficient (Wildman–Crippen LogP) is 12.1. The molecular weight excluding hydrogens is 542 g/mol. The van der Waals surface area contributed by atoms with Gasteiger partial charge in [-0.2, -0.15) is 0 Å². The molecule has 0 fully saturated rings. The molecule has 0 unspecified atom stereocenters. The zero-order chi connectivity index (χ0) is 30.5. The summed E-state index contributed by atoms with van der Waals surface area (Å²) in [5.41, 5.74) is 13.6. The summed E-state index contributed by atoms with van der Waals surface area (Å²) >= 11 is 0. The average Bonchev–Trinajstić information content (AvgIpc) is 3.07. The summed E-state index contributed by atoms with van der Waals surface area (Å²) < 4.78 is 0. The second-order valence-corrected chi connectivity index (χ2v) is 12.1. The molecular formula is C44H33N. The molecule has 1 nitrogen and oxygen atoms in total. The lowest BCUT2D eigenvalue weighted by Crippen LogP contribution is -1.94. The van der Waals surface area contributed by atoms with Crippen LogP contribution in [0.25, 0.3) is 77.0 Å². The Bertz CT molecular complexity index is 2340. The minimum absolute atomic E-state index is 1.03. The molecule has 1 heteroatoms. The van der Waals surface area contributed by atoms with Crippen LogP contribution < -0.4 is 0 Å². The van der Waals surface area contributed by atoms with Crippen LogP contribution in [0.4, 0.5) is 0 Å². The van der Waals surface area contributed by atoms with E-state index in [1.165, 1.54) is 82.4 Å². The Kier molecular flexibility index (Phi) is 6.54. The molecule has 1 aromatic heterocycles. The summed E-state index contributed by atoms with van der Waals surface area (Å²) in [5.74, 6) is 0. The highest BCUT2D eigenvalue weighted by molar-refractivity contribution is 6.24. The van der Waals surface area contributed by atoms with E-state index in [0.717, 1.165) is 11.3 Å². The molecule has 1 heterocycles. The fraction of sp³-hybridized carbons (Fsp3) is 0.0682. The molecule has 214 valence electrons. The number of hydrogen-bond donors (Lipinski definition) is 0. The molecule has 0 radical (unpaired) electrons. The fourth-order valence-corrected chi connectivity index (χ4v) is 7.31. The van der Waals surface area contributed by atoms with Crippen molar-refractivity contribution < 1.29 is 0 Å². The normalized spacial score (nSPS) is 11.4. The molecule has 45 heavy (non-hydrogen) atoms. The van der Waals surface area contributed by atoms with E-state index < -0.39 is 0 Å². The minimum Gasteiger partial charge on any atom is -0.256 e. The van der Waals surface area contributed by atoms with Crippen molar-refractivity contribution in [1.82, 2.24) is 4.98 Å². The first-order valence-corrected chi connectivity index (χ1v) is 15.6. The molecule has 0 bridgehead atoms. The van der Waals surface area contributed by atoms with E-state index in [9.17, 15) is 0 Å². The molecule has 8 aromatic rings. The lowest BCUT2D eigenvalue weighted by molar-refractivity contribution is 1.27. The van der Waals surface area contributed by atoms with Crippen molar-refractivity contribution in [3.05, 3.63) is 162 Å². The Morgan fingerprint density at radius 2 is 0.822 bits per heavy atom. The number of nitrogens with zero attached hydrogens (tertiary/aromatic N) is 1. The highest BCUT2D eigenvalue weighted by Gasteiger charge is 2.20. The Hall–Kier alpha value is -5.53. The molecule has 0 amide bonds. The number of benzene rings is 7. The average molecular weight is 576 g/mol. The fourth-order valence-electron chi connectivity index (χ4n) is 7.31. The quantitative estimate of drug-likeness (QED) is 0.190. The number of hydrogen-bond acceptors (Lipinski definition) is 1. The second-order valence-electron chi connectivity index (χ2n) is 12.1. The van der Waals surface area contributed by atoms with Crippen molar-refractivity contribution in [2.45, 2.75) is 20.8 Å². The van der Waals surface area contributed by atoms with Gasteiger partial charge in [0.05, 0.1) is 5.69 Å². The van der Waals surface area contributed by atoms with Gasteiger partial charge in [-0.3, -0.25) is 4.98 Å². The van der Waals surface area contributed by atoms with Crippen LogP contribution in [0.1, 0.15) is 16.7 Å². The van der Waals surface area contributed by atoms with Crippen molar-refractivity contribution in [3.63, 3.8) is 0 Å². The van der Waals surface area contributed by atoms with E-state index in [0.29, 0.717) is 0 Å². The highest BCUT2D eigenvalue weighted by Crippen LogP contribution is 2.47. The molecule has 0 aliphatic rings. The zero-order valence-corrected chi connectivity index (χ0v) is 25.8. The third-order valence-corrected chi connectivity index (χ3v) is 9.31. The van der Waals surface area contributed by atoms with E-state index in [4.69, 9.17) is 4.98 Å². The summed E-state index contributed by atoms with van der Waals surface area (Å²) in [6, 6.07) is 51.0. The maximum atomic E-state index is 4.73. The van der Waals surface area contributed by atoms with Gasteiger partial charge in [0.25, 0.3) is 0 Å². The number of fused-ring (bicyclic) bond motifs is 3. The third-order valence-electron chi connectivity index (χ3n) is 9.31. The van der Waals surface area contributed by atoms with Gasteiger partial charge in [0, 0.05) is 11.8 Å². The highest BCUT2D eigenvalue weighted by atomic mass is 14.7. The summed E-state index contributed by atoms with van der Waals surface area (Å²) in [4.78, 5) is 4.73. The molecule has 0 N–H and O–H groups in total. The van der Waals surface area contributed by atoms with Crippen LogP contribution in [0.15, 0.2) is 146 Å². The van der Waals surface area contributed by atoms with E-state index in [2.05, 4.69) is 154 Å². The monoisotopic (exact) mass is 575 g/mol. The van der Waals surface area contributed by atoms with Gasteiger partial charge < -0.3 is 0 Å². The van der Waals surface area contributed by atoms with Gasteiger partial charge in [-0.15, -0.1) is 0 Å². The van der Waals surface area contributed by atoms with Crippen molar-refractivity contribution in [2.24, 2.45) is 0 Å². The summed E-state index contributed by atoms with van der Waals surface area (Å²) in [5, 5.41) is 7.58. The molecule has 8 rings (SSSR count). The molecule has 0 spiro atoms. The summed E-state index contributed by atoms with van der Waals surface area (Å²) in [6.07, 6.45) is 1.88.